The van der Waals surface area contributed by atoms with E-state index in [0.717, 1.165) is 47.4 Å². The molecule has 0 aliphatic heterocycles. The second-order valence-electron chi connectivity index (χ2n) is 6.86. The number of halogens is 1. The van der Waals surface area contributed by atoms with Crippen LogP contribution in [0.15, 0.2) is 16.7 Å². The van der Waals surface area contributed by atoms with Crippen molar-refractivity contribution in [2.45, 2.75) is 45.6 Å². The van der Waals surface area contributed by atoms with E-state index < -0.39 is 0 Å². The molecule has 4 heteroatoms. The molecule has 2 fully saturated rings. The quantitative estimate of drug-likeness (QED) is 0.780. The van der Waals surface area contributed by atoms with Crippen LogP contribution in [0.5, 0.6) is 0 Å². The molecule has 1 aromatic heterocycles. The van der Waals surface area contributed by atoms with Crippen LogP contribution in [-0.4, -0.2) is 29.0 Å². The minimum absolute atomic E-state index is 0.164. The van der Waals surface area contributed by atoms with Crippen LogP contribution in [0.25, 0.3) is 0 Å². The lowest BCUT2D eigenvalue weighted by molar-refractivity contribution is 0.0743. The van der Waals surface area contributed by atoms with Crippen molar-refractivity contribution in [3.8, 4) is 0 Å². The van der Waals surface area contributed by atoms with E-state index in [4.69, 9.17) is 0 Å². The van der Waals surface area contributed by atoms with E-state index in [1.807, 2.05) is 24.2 Å². The van der Waals surface area contributed by atoms with Crippen molar-refractivity contribution in [1.29, 1.82) is 0 Å². The minimum atomic E-state index is 0.164. The highest BCUT2D eigenvalue weighted by molar-refractivity contribution is 9.10. The maximum atomic E-state index is 12.7. The predicted octanol–water partition coefficient (Wildman–Crippen LogP) is 4.17. The van der Waals surface area contributed by atoms with Crippen molar-refractivity contribution in [2.75, 3.05) is 13.6 Å². The second kappa shape index (κ2) is 6.15. The summed E-state index contributed by atoms with van der Waals surface area (Å²) in [6, 6.07) is 1.95. The molecule has 2 saturated carbocycles. The average Bonchev–Trinajstić information content (AvgIpc) is 3.14. The van der Waals surface area contributed by atoms with Crippen LogP contribution in [0.3, 0.4) is 0 Å². The van der Waals surface area contributed by atoms with Crippen molar-refractivity contribution in [3.63, 3.8) is 0 Å². The molecule has 0 aromatic carbocycles. The highest BCUT2D eigenvalue weighted by atomic mass is 79.9. The standard InChI is InChI=1S/C17H25BrN2O/c1-3-6-20-11-15(18)9-16(20)17(21)19(2)10-14-8-12-4-5-13(14)7-12/h9,11-14H,3-8,10H2,1-2H3. The Labute approximate surface area is 135 Å². The normalized spacial score (nSPS) is 27.3. The number of rotatable bonds is 5. The van der Waals surface area contributed by atoms with Crippen LogP contribution in [0, 0.1) is 17.8 Å². The van der Waals surface area contributed by atoms with E-state index in [-0.39, 0.29) is 5.91 Å². The Kier molecular flexibility index (Phi) is 4.43. The monoisotopic (exact) mass is 352 g/mol. The zero-order valence-electron chi connectivity index (χ0n) is 13.0. The fourth-order valence-corrected chi connectivity index (χ4v) is 4.77. The summed E-state index contributed by atoms with van der Waals surface area (Å²) in [5, 5.41) is 0. The number of hydrogen-bond acceptors (Lipinski definition) is 1. The van der Waals surface area contributed by atoms with Gasteiger partial charge in [0.25, 0.3) is 5.91 Å². The molecule has 1 amide bonds. The van der Waals surface area contributed by atoms with E-state index in [2.05, 4.69) is 27.4 Å². The molecule has 1 heterocycles. The van der Waals surface area contributed by atoms with Crippen LogP contribution in [0.4, 0.5) is 0 Å². The molecule has 0 N–H and O–H groups in total. The number of fused-ring (bicyclic) bond motifs is 2. The molecule has 0 spiro atoms. The molecule has 0 radical (unpaired) electrons. The SMILES string of the molecule is CCCn1cc(Br)cc1C(=O)N(C)CC1CC2CCC1C2. The van der Waals surface area contributed by atoms with Gasteiger partial charge >= 0.3 is 0 Å². The maximum absolute atomic E-state index is 12.7. The van der Waals surface area contributed by atoms with Gasteiger partial charge in [0.2, 0.25) is 0 Å². The summed E-state index contributed by atoms with van der Waals surface area (Å²) in [6.45, 7) is 3.96. The summed E-state index contributed by atoms with van der Waals surface area (Å²) >= 11 is 3.49. The van der Waals surface area contributed by atoms with Crippen LogP contribution >= 0.6 is 15.9 Å². The number of amides is 1. The van der Waals surface area contributed by atoms with Crippen LogP contribution in [0.2, 0.25) is 0 Å². The number of carbonyl (C=O) groups excluding carboxylic acids is 1. The lowest BCUT2D eigenvalue weighted by Crippen LogP contribution is -2.34. The number of aryl methyl sites for hydroxylation is 1. The first-order chi connectivity index (χ1) is 10.1. The zero-order chi connectivity index (χ0) is 15.0. The van der Waals surface area contributed by atoms with E-state index in [0.29, 0.717) is 0 Å². The summed E-state index contributed by atoms with van der Waals surface area (Å²) in [5.74, 6) is 2.72. The fourth-order valence-electron chi connectivity index (χ4n) is 4.31. The third kappa shape index (κ3) is 3.05. The van der Waals surface area contributed by atoms with Gasteiger partial charge in [0.1, 0.15) is 5.69 Å². The van der Waals surface area contributed by atoms with Gasteiger partial charge < -0.3 is 9.47 Å². The van der Waals surface area contributed by atoms with Crippen LogP contribution < -0.4 is 0 Å². The highest BCUT2D eigenvalue weighted by Crippen LogP contribution is 2.48. The number of hydrogen-bond donors (Lipinski definition) is 0. The van der Waals surface area contributed by atoms with Gasteiger partial charge in [0.15, 0.2) is 0 Å². The first-order valence-corrected chi connectivity index (χ1v) is 8.99. The summed E-state index contributed by atoms with van der Waals surface area (Å²) in [4.78, 5) is 14.7. The molecule has 2 aliphatic rings. The third-order valence-corrected chi connectivity index (χ3v) is 5.72. The summed E-state index contributed by atoms with van der Waals surface area (Å²) in [5.41, 5.74) is 0.814. The smallest absolute Gasteiger partial charge is 0.270 e. The minimum Gasteiger partial charge on any atom is -0.342 e. The molecule has 3 atom stereocenters. The lowest BCUT2D eigenvalue weighted by atomic mass is 9.88. The van der Waals surface area contributed by atoms with Gasteiger partial charge in [-0.25, -0.2) is 0 Å². The van der Waals surface area contributed by atoms with Crippen molar-refractivity contribution >= 4 is 21.8 Å². The first kappa shape index (κ1) is 15.1. The van der Waals surface area contributed by atoms with E-state index in [1.165, 1.54) is 25.7 Å². The first-order valence-electron chi connectivity index (χ1n) is 8.19. The highest BCUT2D eigenvalue weighted by Gasteiger charge is 2.40. The number of nitrogens with zero attached hydrogens (tertiary/aromatic N) is 2. The van der Waals surface area contributed by atoms with Crippen molar-refractivity contribution < 1.29 is 4.79 Å². The van der Waals surface area contributed by atoms with Crippen molar-refractivity contribution in [2.24, 2.45) is 17.8 Å². The van der Waals surface area contributed by atoms with Crippen LogP contribution in [0.1, 0.15) is 49.5 Å². The van der Waals surface area contributed by atoms with Gasteiger partial charge in [0.05, 0.1) is 0 Å². The molecule has 2 bridgehead atoms. The van der Waals surface area contributed by atoms with E-state index in [1.54, 1.807) is 0 Å². The molecular formula is C17H25BrN2O. The van der Waals surface area contributed by atoms with Crippen LogP contribution in [-0.2, 0) is 6.54 Å². The molecule has 116 valence electrons. The molecule has 3 nitrogen and oxygen atoms in total. The van der Waals surface area contributed by atoms with Gasteiger partial charge in [0, 0.05) is 30.8 Å². The maximum Gasteiger partial charge on any atom is 0.270 e. The van der Waals surface area contributed by atoms with Crippen molar-refractivity contribution in [3.05, 3.63) is 22.4 Å². The van der Waals surface area contributed by atoms with Gasteiger partial charge in [-0.2, -0.15) is 0 Å². The topological polar surface area (TPSA) is 25.2 Å². The van der Waals surface area contributed by atoms with E-state index in [9.17, 15) is 4.79 Å². The summed E-state index contributed by atoms with van der Waals surface area (Å²) < 4.78 is 3.07. The Morgan fingerprint density at radius 1 is 1.43 bits per heavy atom. The average molecular weight is 353 g/mol. The van der Waals surface area contributed by atoms with Gasteiger partial charge in [-0.1, -0.05) is 13.3 Å². The Morgan fingerprint density at radius 3 is 2.86 bits per heavy atom. The van der Waals surface area contributed by atoms with Gasteiger partial charge in [-0.15, -0.1) is 0 Å². The summed E-state index contributed by atoms with van der Waals surface area (Å²) in [6.07, 6.45) is 8.60. The second-order valence-corrected chi connectivity index (χ2v) is 7.77. The summed E-state index contributed by atoms with van der Waals surface area (Å²) in [7, 11) is 1.96. The predicted molar refractivity (Wildman–Crippen MR) is 88.3 cm³/mol. The molecular weight excluding hydrogens is 328 g/mol. The number of carbonyl (C=O) groups is 1. The largest absolute Gasteiger partial charge is 0.342 e. The van der Waals surface area contributed by atoms with E-state index >= 15 is 0 Å². The lowest BCUT2D eigenvalue weighted by Gasteiger charge is -2.27. The molecule has 3 rings (SSSR count). The Bertz CT molecular complexity index is 525. The van der Waals surface area contributed by atoms with Crippen molar-refractivity contribution in [1.82, 2.24) is 9.47 Å². The molecule has 2 aliphatic carbocycles. The molecule has 3 unspecified atom stereocenters. The van der Waals surface area contributed by atoms with Gasteiger partial charge in [-0.3, -0.25) is 4.79 Å². The number of aromatic nitrogens is 1. The Morgan fingerprint density at radius 2 is 2.24 bits per heavy atom. The Balaban J connectivity index is 1.67. The molecule has 0 saturated heterocycles. The van der Waals surface area contributed by atoms with Gasteiger partial charge in [-0.05, 0) is 65.4 Å². The molecule has 21 heavy (non-hydrogen) atoms. The molecule has 1 aromatic rings. The zero-order valence-corrected chi connectivity index (χ0v) is 14.6. The fraction of sp³-hybridized carbons (Fsp3) is 0.706. The third-order valence-electron chi connectivity index (χ3n) is 5.29. The Hall–Kier alpha value is -0.770.